The molecule has 2 N–H and O–H groups in total. The van der Waals surface area contributed by atoms with E-state index in [0.29, 0.717) is 41.2 Å². The number of para-hydroxylation sites is 2. The quantitative estimate of drug-likeness (QED) is 0.516. The Kier molecular flexibility index (Phi) is 6.10. The molecule has 2 heterocycles. The zero-order valence-corrected chi connectivity index (χ0v) is 19.7. The number of carbonyl (C=O) groups is 2. The second kappa shape index (κ2) is 9.50. The molecule has 1 amide bonds. The lowest BCUT2D eigenvalue weighted by molar-refractivity contribution is -0.113. The summed E-state index contributed by atoms with van der Waals surface area (Å²) in [5, 5.41) is 6.45. The smallest absolute Gasteiger partial charge is 0.254 e. The first-order valence-electron chi connectivity index (χ1n) is 11.7. The maximum atomic E-state index is 14.0. The Morgan fingerprint density at radius 2 is 1.57 bits per heavy atom. The molecule has 2 aliphatic heterocycles. The van der Waals surface area contributed by atoms with Crippen molar-refractivity contribution in [3.05, 3.63) is 119 Å². The third kappa shape index (κ3) is 4.08. The number of carbonyl (C=O) groups excluding carboxylic acids is 2. The molecule has 3 aromatic carbocycles. The minimum atomic E-state index is -0.612. The number of methoxy groups -OCH3 is 1. The fraction of sp³-hybridized carbons (Fsp3) is 0.172. The second-order valence-corrected chi connectivity index (χ2v) is 8.53. The molecular formula is C29H27N3O3. The summed E-state index contributed by atoms with van der Waals surface area (Å²) in [5.74, 6) is 0.408. The second-order valence-electron chi connectivity index (χ2n) is 8.53. The van der Waals surface area contributed by atoms with Crippen LogP contribution in [0.15, 0.2) is 108 Å². The first kappa shape index (κ1) is 22.5. The van der Waals surface area contributed by atoms with E-state index in [2.05, 4.69) is 10.6 Å². The Labute approximate surface area is 204 Å². The van der Waals surface area contributed by atoms with E-state index in [1.165, 1.54) is 0 Å². The molecule has 5 rings (SSSR count). The van der Waals surface area contributed by atoms with Crippen LogP contribution in [-0.2, 0) is 4.79 Å². The van der Waals surface area contributed by atoms with Crippen molar-refractivity contribution >= 4 is 17.4 Å². The Hall–Kier alpha value is -4.32. The van der Waals surface area contributed by atoms with Crippen LogP contribution in [-0.4, -0.2) is 36.8 Å². The molecule has 0 saturated carbocycles. The lowest BCUT2D eigenvalue weighted by Gasteiger charge is -2.36. The summed E-state index contributed by atoms with van der Waals surface area (Å²) in [5.41, 5.74) is 3.94. The van der Waals surface area contributed by atoms with Gasteiger partial charge >= 0.3 is 0 Å². The van der Waals surface area contributed by atoms with Crippen molar-refractivity contribution in [3.63, 3.8) is 0 Å². The van der Waals surface area contributed by atoms with Crippen molar-refractivity contribution < 1.29 is 14.3 Å². The summed E-state index contributed by atoms with van der Waals surface area (Å²) in [7, 11) is 1.61. The molecule has 1 atom stereocenters. The molecule has 0 aliphatic carbocycles. The zero-order valence-electron chi connectivity index (χ0n) is 19.7. The molecule has 0 radical (unpaired) electrons. The van der Waals surface area contributed by atoms with Crippen LogP contribution in [0.1, 0.15) is 28.8 Å². The molecule has 0 bridgehead atoms. The van der Waals surface area contributed by atoms with Crippen LogP contribution in [0.4, 0.5) is 5.69 Å². The van der Waals surface area contributed by atoms with Crippen LogP contribution < -0.4 is 15.4 Å². The number of anilines is 1. The van der Waals surface area contributed by atoms with Crippen LogP contribution >= 0.6 is 0 Å². The van der Waals surface area contributed by atoms with Crippen molar-refractivity contribution in [1.29, 1.82) is 0 Å². The van der Waals surface area contributed by atoms with Crippen LogP contribution in [0.3, 0.4) is 0 Å². The number of ether oxygens (including phenoxy) is 1. The molecule has 2 aliphatic rings. The monoisotopic (exact) mass is 465 g/mol. The van der Waals surface area contributed by atoms with E-state index in [1.807, 2.05) is 96.8 Å². The van der Waals surface area contributed by atoms with E-state index >= 15 is 0 Å². The molecule has 1 unspecified atom stereocenters. The van der Waals surface area contributed by atoms with E-state index in [1.54, 1.807) is 7.11 Å². The predicted octanol–water partition coefficient (Wildman–Crippen LogP) is 4.70. The number of amides is 1. The number of ketones is 1. The topological polar surface area (TPSA) is 70.7 Å². The van der Waals surface area contributed by atoms with Gasteiger partial charge in [0.05, 0.1) is 18.6 Å². The van der Waals surface area contributed by atoms with E-state index in [9.17, 15) is 9.59 Å². The highest BCUT2D eigenvalue weighted by atomic mass is 16.5. The maximum absolute atomic E-state index is 14.0. The molecule has 3 aromatic rings. The van der Waals surface area contributed by atoms with Crippen LogP contribution in [0.25, 0.3) is 0 Å². The van der Waals surface area contributed by atoms with Crippen LogP contribution in [0.5, 0.6) is 5.75 Å². The number of benzene rings is 3. The average molecular weight is 466 g/mol. The van der Waals surface area contributed by atoms with E-state index in [0.717, 1.165) is 17.1 Å². The highest BCUT2D eigenvalue weighted by Crippen LogP contribution is 2.46. The molecule has 6 heteroatoms. The Morgan fingerprint density at radius 1 is 0.914 bits per heavy atom. The summed E-state index contributed by atoms with van der Waals surface area (Å²) >= 11 is 0. The third-order valence-electron chi connectivity index (χ3n) is 6.53. The van der Waals surface area contributed by atoms with Crippen molar-refractivity contribution in [2.24, 2.45) is 0 Å². The number of hydrogen-bond donors (Lipinski definition) is 2. The van der Waals surface area contributed by atoms with E-state index < -0.39 is 5.92 Å². The maximum Gasteiger partial charge on any atom is 0.254 e. The summed E-state index contributed by atoms with van der Waals surface area (Å²) in [6.45, 7) is 3.30. The van der Waals surface area contributed by atoms with Gasteiger partial charge in [-0.25, -0.2) is 0 Å². The third-order valence-corrected chi connectivity index (χ3v) is 6.53. The van der Waals surface area contributed by atoms with Gasteiger partial charge in [0, 0.05) is 41.2 Å². The molecule has 1 fully saturated rings. The average Bonchev–Trinajstić information content (AvgIpc) is 3.39. The van der Waals surface area contributed by atoms with Crippen molar-refractivity contribution in [1.82, 2.24) is 10.2 Å². The van der Waals surface area contributed by atoms with Gasteiger partial charge in [-0.05, 0) is 25.1 Å². The molecule has 176 valence electrons. The number of hydrogen-bond acceptors (Lipinski definition) is 5. The van der Waals surface area contributed by atoms with Gasteiger partial charge in [-0.15, -0.1) is 0 Å². The van der Waals surface area contributed by atoms with Gasteiger partial charge in [-0.1, -0.05) is 66.7 Å². The lowest BCUT2D eigenvalue weighted by Crippen LogP contribution is -2.36. The number of nitrogens with one attached hydrogen (secondary N) is 2. The first-order chi connectivity index (χ1) is 17.1. The van der Waals surface area contributed by atoms with Gasteiger partial charge in [0.25, 0.3) is 5.91 Å². The van der Waals surface area contributed by atoms with Gasteiger partial charge in [-0.2, -0.15) is 0 Å². The minimum Gasteiger partial charge on any atom is -0.496 e. The SMILES string of the molecule is COc1ccccc1C1C(C(=O)Nc2ccccc2)=C(C)N2CCNC2=C1C(=O)c1ccccc1. The summed E-state index contributed by atoms with van der Waals surface area (Å²) in [6, 6.07) is 26.1. The number of fused-ring (bicyclic) bond motifs is 1. The number of rotatable bonds is 6. The standard InChI is InChI=1S/C29H27N3O3/c1-19-24(29(34)31-21-13-7-4-8-14-21)25(22-15-9-10-16-23(22)35-2)26(28-30-17-18-32(19)28)27(33)20-11-5-3-6-12-20/h3-16,25,30H,17-18H2,1-2H3,(H,31,34). The number of allylic oxidation sites excluding steroid dienone is 2. The predicted molar refractivity (Wildman–Crippen MR) is 136 cm³/mol. The highest BCUT2D eigenvalue weighted by Gasteiger charge is 2.43. The molecular weight excluding hydrogens is 438 g/mol. The van der Waals surface area contributed by atoms with E-state index in [4.69, 9.17) is 4.74 Å². The number of Topliss-reactive ketones (excluding diaryl/α,β-unsaturated/α-hetero) is 1. The summed E-state index contributed by atoms with van der Waals surface area (Å²) < 4.78 is 5.70. The highest BCUT2D eigenvalue weighted by molar-refractivity contribution is 6.14. The first-order valence-corrected chi connectivity index (χ1v) is 11.7. The fourth-order valence-corrected chi connectivity index (χ4v) is 4.92. The van der Waals surface area contributed by atoms with Gasteiger partial charge in [0.1, 0.15) is 11.6 Å². The minimum absolute atomic E-state index is 0.117. The lowest BCUT2D eigenvalue weighted by atomic mass is 9.77. The van der Waals surface area contributed by atoms with Crippen LogP contribution in [0, 0.1) is 0 Å². The normalized spacial score (nSPS) is 17.1. The van der Waals surface area contributed by atoms with E-state index in [-0.39, 0.29) is 11.7 Å². The largest absolute Gasteiger partial charge is 0.496 e. The Morgan fingerprint density at radius 3 is 2.29 bits per heavy atom. The zero-order chi connectivity index (χ0) is 24.4. The van der Waals surface area contributed by atoms with Gasteiger partial charge < -0.3 is 20.3 Å². The van der Waals surface area contributed by atoms with Gasteiger partial charge in [0.2, 0.25) is 0 Å². The molecule has 1 saturated heterocycles. The van der Waals surface area contributed by atoms with Crippen LogP contribution in [0.2, 0.25) is 0 Å². The van der Waals surface area contributed by atoms with Gasteiger partial charge in [0.15, 0.2) is 5.78 Å². The van der Waals surface area contributed by atoms with Crippen molar-refractivity contribution in [2.45, 2.75) is 12.8 Å². The summed E-state index contributed by atoms with van der Waals surface area (Å²) in [6.07, 6.45) is 0. The molecule has 6 nitrogen and oxygen atoms in total. The van der Waals surface area contributed by atoms with Crippen molar-refractivity contribution in [2.75, 3.05) is 25.5 Å². The molecule has 35 heavy (non-hydrogen) atoms. The van der Waals surface area contributed by atoms with Gasteiger partial charge in [-0.3, -0.25) is 9.59 Å². The van der Waals surface area contributed by atoms with Crippen molar-refractivity contribution in [3.8, 4) is 5.75 Å². The summed E-state index contributed by atoms with van der Waals surface area (Å²) in [4.78, 5) is 29.9. The Balaban J connectivity index is 1.71. The molecule has 0 spiro atoms. The Bertz CT molecular complexity index is 1330. The molecule has 0 aromatic heterocycles. The fourth-order valence-electron chi connectivity index (χ4n) is 4.92. The number of nitrogens with zero attached hydrogens (tertiary/aromatic N) is 1.